The summed E-state index contributed by atoms with van der Waals surface area (Å²) in [5.74, 6) is -0.315. The molecule has 0 spiro atoms. The molecule has 28 heavy (non-hydrogen) atoms. The molecular formula is C23H23ClN2O2. The third-order valence-electron chi connectivity index (χ3n) is 4.67. The number of ether oxygens (including phenoxy) is 1. The Morgan fingerprint density at radius 2 is 1.89 bits per heavy atom. The Balaban J connectivity index is 1.97. The van der Waals surface area contributed by atoms with Crippen LogP contribution in [0, 0.1) is 20.8 Å². The van der Waals surface area contributed by atoms with Gasteiger partial charge >= 0.3 is 5.97 Å². The van der Waals surface area contributed by atoms with Crippen molar-refractivity contribution < 1.29 is 9.53 Å². The highest BCUT2D eigenvalue weighted by Gasteiger charge is 2.12. The molecule has 0 aliphatic carbocycles. The zero-order valence-electron chi connectivity index (χ0n) is 16.5. The van der Waals surface area contributed by atoms with E-state index in [1.54, 1.807) is 13.0 Å². The SMILES string of the molecule is CCOC(=O)c1cccc(-n2c(C)cc(C=Nc3cccc(Cl)c3C)c2C)c1. The van der Waals surface area contributed by atoms with E-state index in [-0.39, 0.29) is 5.97 Å². The van der Waals surface area contributed by atoms with E-state index in [1.807, 2.05) is 63.4 Å². The van der Waals surface area contributed by atoms with Crippen LogP contribution in [0.2, 0.25) is 5.02 Å². The minimum absolute atomic E-state index is 0.315. The van der Waals surface area contributed by atoms with Crippen LogP contribution in [0.3, 0.4) is 0 Å². The number of esters is 1. The summed E-state index contributed by atoms with van der Waals surface area (Å²) in [6.07, 6.45) is 1.85. The van der Waals surface area contributed by atoms with Gasteiger partial charge < -0.3 is 9.30 Å². The van der Waals surface area contributed by atoms with Gasteiger partial charge in [-0.1, -0.05) is 23.7 Å². The van der Waals surface area contributed by atoms with Crippen molar-refractivity contribution in [1.29, 1.82) is 0 Å². The second-order valence-corrected chi connectivity index (χ2v) is 6.98. The van der Waals surface area contributed by atoms with Crippen molar-refractivity contribution in [2.75, 3.05) is 6.61 Å². The molecule has 0 saturated carbocycles. The average molecular weight is 395 g/mol. The summed E-state index contributed by atoms with van der Waals surface area (Å²) in [5.41, 5.74) is 6.37. The van der Waals surface area contributed by atoms with Crippen LogP contribution in [0.25, 0.3) is 5.69 Å². The van der Waals surface area contributed by atoms with E-state index < -0.39 is 0 Å². The Morgan fingerprint density at radius 1 is 1.14 bits per heavy atom. The molecule has 0 aliphatic heterocycles. The molecule has 3 aromatic rings. The number of aryl methyl sites for hydroxylation is 1. The highest BCUT2D eigenvalue weighted by molar-refractivity contribution is 6.31. The number of rotatable bonds is 5. The third-order valence-corrected chi connectivity index (χ3v) is 5.08. The van der Waals surface area contributed by atoms with Crippen LogP contribution in [0.5, 0.6) is 0 Å². The Kier molecular flexibility index (Phi) is 6.00. The summed E-state index contributed by atoms with van der Waals surface area (Å²) in [6, 6.07) is 15.2. The van der Waals surface area contributed by atoms with Gasteiger partial charge in [0.15, 0.2) is 0 Å². The van der Waals surface area contributed by atoms with Crippen LogP contribution in [-0.2, 0) is 4.74 Å². The molecule has 0 radical (unpaired) electrons. The highest BCUT2D eigenvalue weighted by Crippen LogP contribution is 2.26. The van der Waals surface area contributed by atoms with Gasteiger partial charge in [0, 0.05) is 33.9 Å². The summed E-state index contributed by atoms with van der Waals surface area (Å²) >= 11 is 6.18. The number of carbonyl (C=O) groups excluding carboxylic acids is 1. The summed E-state index contributed by atoms with van der Waals surface area (Å²) in [7, 11) is 0. The molecule has 1 aromatic heterocycles. The standard InChI is InChI=1S/C23H23ClN2O2/c1-5-28-23(27)18-8-6-9-20(13-18)26-15(2)12-19(17(26)4)14-25-22-11-7-10-21(24)16(22)3/h6-14H,5H2,1-4H3. The van der Waals surface area contributed by atoms with Crippen molar-refractivity contribution in [1.82, 2.24) is 4.57 Å². The van der Waals surface area contributed by atoms with Gasteiger partial charge in [0.05, 0.1) is 17.9 Å². The van der Waals surface area contributed by atoms with Crippen LogP contribution in [0.1, 0.15) is 39.8 Å². The molecule has 2 aromatic carbocycles. The van der Waals surface area contributed by atoms with Crippen molar-refractivity contribution >= 4 is 29.5 Å². The fourth-order valence-electron chi connectivity index (χ4n) is 3.18. The van der Waals surface area contributed by atoms with Gasteiger partial charge in [-0.15, -0.1) is 0 Å². The first-order chi connectivity index (χ1) is 13.4. The van der Waals surface area contributed by atoms with E-state index in [0.29, 0.717) is 17.2 Å². The monoisotopic (exact) mass is 394 g/mol. The summed E-state index contributed by atoms with van der Waals surface area (Å²) in [6.45, 7) is 8.19. The van der Waals surface area contributed by atoms with E-state index >= 15 is 0 Å². The largest absolute Gasteiger partial charge is 0.462 e. The maximum absolute atomic E-state index is 12.1. The first-order valence-corrected chi connectivity index (χ1v) is 9.56. The Morgan fingerprint density at radius 3 is 2.64 bits per heavy atom. The maximum atomic E-state index is 12.1. The Labute approximate surface area is 170 Å². The Bertz CT molecular complexity index is 1050. The molecule has 5 heteroatoms. The molecule has 0 unspecified atom stereocenters. The summed E-state index contributed by atoms with van der Waals surface area (Å²) in [4.78, 5) is 16.7. The van der Waals surface area contributed by atoms with Gasteiger partial charge in [-0.25, -0.2) is 4.79 Å². The topological polar surface area (TPSA) is 43.6 Å². The molecule has 3 rings (SSSR count). The van der Waals surface area contributed by atoms with Gasteiger partial charge in [-0.3, -0.25) is 4.99 Å². The van der Waals surface area contributed by atoms with Crippen LogP contribution < -0.4 is 0 Å². The smallest absolute Gasteiger partial charge is 0.338 e. The number of nitrogens with zero attached hydrogens (tertiary/aromatic N) is 2. The zero-order valence-corrected chi connectivity index (χ0v) is 17.2. The molecular weight excluding hydrogens is 372 g/mol. The van der Waals surface area contributed by atoms with E-state index in [4.69, 9.17) is 16.3 Å². The number of halogens is 1. The number of aromatic nitrogens is 1. The number of hydrogen-bond acceptors (Lipinski definition) is 3. The lowest BCUT2D eigenvalue weighted by Crippen LogP contribution is -2.06. The average Bonchev–Trinajstić information content (AvgIpc) is 2.96. The normalized spacial score (nSPS) is 11.2. The quantitative estimate of drug-likeness (QED) is 0.394. The number of benzene rings is 2. The fraction of sp³-hybridized carbons (Fsp3) is 0.217. The zero-order chi connectivity index (χ0) is 20.3. The summed E-state index contributed by atoms with van der Waals surface area (Å²) in [5, 5.41) is 0.705. The first kappa shape index (κ1) is 19.9. The van der Waals surface area contributed by atoms with Crippen molar-refractivity contribution in [3.8, 4) is 5.69 Å². The molecule has 1 heterocycles. The summed E-state index contributed by atoms with van der Waals surface area (Å²) < 4.78 is 7.22. The van der Waals surface area contributed by atoms with E-state index in [0.717, 1.165) is 33.9 Å². The number of hydrogen-bond donors (Lipinski definition) is 0. The molecule has 0 fully saturated rings. The molecule has 4 nitrogen and oxygen atoms in total. The second-order valence-electron chi connectivity index (χ2n) is 6.57. The third kappa shape index (κ3) is 4.02. The Hall–Kier alpha value is -2.85. The molecule has 0 saturated heterocycles. The van der Waals surface area contributed by atoms with E-state index in [2.05, 4.69) is 15.6 Å². The minimum atomic E-state index is -0.315. The second kappa shape index (κ2) is 8.44. The van der Waals surface area contributed by atoms with Crippen molar-refractivity contribution in [2.45, 2.75) is 27.7 Å². The van der Waals surface area contributed by atoms with E-state index in [9.17, 15) is 4.79 Å². The van der Waals surface area contributed by atoms with Gasteiger partial charge in [0.1, 0.15) is 0 Å². The van der Waals surface area contributed by atoms with Crippen molar-refractivity contribution in [3.63, 3.8) is 0 Å². The first-order valence-electron chi connectivity index (χ1n) is 9.18. The van der Waals surface area contributed by atoms with Gasteiger partial charge in [0.2, 0.25) is 0 Å². The van der Waals surface area contributed by atoms with Crippen LogP contribution >= 0.6 is 11.6 Å². The van der Waals surface area contributed by atoms with Crippen molar-refractivity contribution in [2.24, 2.45) is 4.99 Å². The predicted molar refractivity (Wildman–Crippen MR) is 115 cm³/mol. The predicted octanol–water partition coefficient (Wildman–Crippen LogP) is 5.98. The number of aliphatic imine (C=N–C) groups is 1. The van der Waals surface area contributed by atoms with Crippen LogP contribution in [0.4, 0.5) is 5.69 Å². The molecule has 0 atom stereocenters. The lowest BCUT2D eigenvalue weighted by Gasteiger charge is -2.11. The van der Waals surface area contributed by atoms with Crippen LogP contribution in [-0.4, -0.2) is 23.4 Å². The van der Waals surface area contributed by atoms with Crippen LogP contribution in [0.15, 0.2) is 53.5 Å². The lowest BCUT2D eigenvalue weighted by atomic mass is 10.2. The van der Waals surface area contributed by atoms with Gasteiger partial charge in [-0.2, -0.15) is 0 Å². The molecule has 0 aliphatic rings. The number of carbonyl (C=O) groups is 1. The molecule has 0 amide bonds. The van der Waals surface area contributed by atoms with Crippen molar-refractivity contribution in [3.05, 3.63) is 81.6 Å². The minimum Gasteiger partial charge on any atom is -0.462 e. The molecule has 144 valence electrons. The molecule has 0 N–H and O–H groups in total. The maximum Gasteiger partial charge on any atom is 0.338 e. The van der Waals surface area contributed by atoms with Gasteiger partial charge in [0.25, 0.3) is 0 Å². The molecule has 0 bridgehead atoms. The van der Waals surface area contributed by atoms with Gasteiger partial charge in [-0.05, 0) is 69.7 Å². The van der Waals surface area contributed by atoms with E-state index in [1.165, 1.54) is 0 Å². The highest BCUT2D eigenvalue weighted by atomic mass is 35.5. The lowest BCUT2D eigenvalue weighted by molar-refractivity contribution is 0.0526. The fourth-order valence-corrected chi connectivity index (χ4v) is 3.35.